The number of aromatic nitrogens is 2. The number of rotatable bonds is 4. The van der Waals surface area contributed by atoms with Crippen LogP contribution in [0.1, 0.15) is 5.56 Å². The molecule has 0 fully saturated rings. The molecule has 2 heterocycles. The maximum Gasteiger partial charge on any atom is 0.212 e. The number of anilines is 1. The number of pyridine rings is 2. The number of nitrogens with zero attached hydrogens (tertiary/aromatic N) is 2. The van der Waals surface area contributed by atoms with Crippen LogP contribution in [0.2, 0.25) is 0 Å². The summed E-state index contributed by atoms with van der Waals surface area (Å²) in [6, 6.07) is 13.9. The number of methoxy groups -OCH3 is 1. The fourth-order valence-electron chi connectivity index (χ4n) is 2.04. The average Bonchev–Trinajstić information content (AvgIpc) is 2.54. The quantitative estimate of drug-likeness (QED) is 0.777. The Bertz CT molecular complexity index is 759. The molecule has 0 atom stereocenters. The molecule has 2 aromatic heterocycles. The van der Waals surface area contributed by atoms with Gasteiger partial charge in [0.15, 0.2) is 0 Å². The molecule has 1 N–H and O–H groups in total. The van der Waals surface area contributed by atoms with Gasteiger partial charge in [-0.3, -0.25) is 0 Å². The standard InChI is InChI=1S/C16H14BrN3O/c1-21-15-8-5-11(10-19-15)9-18-14-7-6-12-3-2-4-13(17)16(12)20-14/h2-8,10H,9H2,1H3,(H,18,20). The van der Waals surface area contributed by atoms with E-state index in [1.807, 2.05) is 36.4 Å². The van der Waals surface area contributed by atoms with Gasteiger partial charge in [-0.05, 0) is 39.7 Å². The molecule has 0 spiro atoms. The molecule has 106 valence electrons. The number of nitrogens with one attached hydrogen (secondary N) is 1. The first-order chi connectivity index (χ1) is 10.3. The highest BCUT2D eigenvalue weighted by Gasteiger charge is 2.02. The summed E-state index contributed by atoms with van der Waals surface area (Å²) >= 11 is 3.53. The van der Waals surface area contributed by atoms with Crippen LogP contribution in [0.3, 0.4) is 0 Å². The van der Waals surface area contributed by atoms with Crippen LogP contribution in [-0.2, 0) is 6.54 Å². The number of hydrogen-bond donors (Lipinski definition) is 1. The van der Waals surface area contributed by atoms with Gasteiger partial charge in [0.1, 0.15) is 5.82 Å². The second-order valence-electron chi connectivity index (χ2n) is 4.57. The van der Waals surface area contributed by atoms with E-state index in [-0.39, 0.29) is 0 Å². The lowest BCUT2D eigenvalue weighted by atomic mass is 10.2. The van der Waals surface area contributed by atoms with Gasteiger partial charge in [0, 0.05) is 28.7 Å². The Morgan fingerprint density at radius 3 is 2.81 bits per heavy atom. The zero-order valence-corrected chi connectivity index (χ0v) is 13.1. The minimum Gasteiger partial charge on any atom is -0.481 e. The Hall–Kier alpha value is -2.14. The summed E-state index contributed by atoms with van der Waals surface area (Å²) < 4.78 is 6.04. The highest BCUT2D eigenvalue weighted by atomic mass is 79.9. The maximum atomic E-state index is 5.04. The molecule has 0 aliphatic carbocycles. The van der Waals surface area contributed by atoms with Gasteiger partial charge in [-0.2, -0.15) is 0 Å². The number of benzene rings is 1. The summed E-state index contributed by atoms with van der Waals surface area (Å²) in [5.41, 5.74) is 2.03. The summed E-state index contributed by atoms with van der Waals surface area (Å²) in [6.07, 6.45) is 1.79. The highest BCUT2D eigenvalue weighted by molar-refractivity contribution is 9.10. The highest BCUT2D eigenvalue weighted by Crippen LogP contribution is 2.23. The third kappa shape index (κ3) is 3.13. The monoisotopic (exact) mass is 343 g/mol. The lowest BCUT2D eigenvalue weighted by molar-refractivity contribution is 0.397. The maximum absolute atomic E-state index is 5.04. The van der Waals surface area contributed by atoms with Crippen LogP contribution in [0.15, 0.2) is 53.1 Å². The fourth-order valence-corrected chi connectivity index (χ4v) is 2.51. The fraction of sp³-hybridized carbons (Fsp3) is 0.125. The third-order valence-corrected chi connectivity index (χ3v) is 3.79. The molecule has 3 aromatic rings. The molecule has 1 aromatic carbocycles. The van der Waals surface area contributed by atoms with Crippen LogP contribution >= 0.6 is 15.9 Å². The molecule has 0 radical (unpaired) electrons. The topological polar surface area (TPSA) is 47.0 Å². The Kier molecular flexibility index (Phi) is 4.01. The number of para-hydroxylation sites is 1. The van der Waals surface area contributed by atoms with Gasteiger partial charge in [0.25, 0.3) is 0 Å². The van der Waals surface area contributed by atoms with Crippen LogP contribution in [0.4, 0.5) is 5.82 Å². The SMILES string of the molecule is COc1ccc(CNc2ccc3cccc(Br)c3n2)cn1. The summed E-state index contributed by atoms with van der Waals surface area (Å²) in [4.78, 5) is 8.80. The Balaban J connectivity index is 1.76. The third-order valence-electron chi connectivity index (χ3n) is 3.15. The normalized spacial score (nSPS) is 10.6. The van der Waals surface area contributed by atoms with Crippen molar-refractivity contribution in [1.29, 1.82) is 0 Å². The smallest absolute Gasteiger partial charge is 0.212 e. The van der Waals surface area contributed by atoms with Gasteiger partial charge in [0.05, 0.1) is 12.6 Å². The molecular formula is C16H14BrN3O. The van der Waals surface area contributed by atoms with Crippen molar-refractivity contribution in [1.82, 2.24) is 9.97 Å². The van der Waals surface area contributed by atoms with Crippen molar-refractivity contribution < 1.29 is 4.74 Å². The van der Waals surface area contributed by atoms with Crippen molar-refractivity contribution in [3.63, 3.8) is 0 Å². The van der Waals surface area contributed by atoms with E-state index in [4.69, 9.17) is 4.74 Å². The number of halogens is 1. The largest absolute Gasteiger partial charge is 0.481 e. The first kappa shape index (κ1) is 13.8. The van der Waals surface area contributed by atoms with Gasteiger partial charge in [-0.15, -0.1) is 0 Å². The molecule has 0 aliphatic rings. The van der Waals surface area contributed by atoms with Gasteiger partial charge < -0.3 is 10.1 Å². The van der Waals surface area contributed by atoms with E-state index in [9.17, 15) is 0 Å². The number of ether oxygens (including phenoxy) is 1. The van der Waals surface area contributed by atoms with Crippen molar-refractivity contribution in [3.8, 4) is 5.88 Å². The summed E-state index contributed by atoms with van der Waals surface area (Å²) in [6.45, 7) is 0.667. The Morgan fingerprint density at radius 2 is 2.05 bits per heavy atom. The van der Waals surface area contributed by atoms with Crippen LogP contribution < -0.4 is 10.1 Å². The number of hydrogen-bond acceptors (Lipinski definition) is 4. The molecule has 3 rings (SSSR count). The molecule has 0 saturated heterocycles. The molecule has 4 nitrogen and oxygen atoms in total. The van der Waals surface area contributed by atoms with E-state index in [0.717, 1.165) is 26.8 Å². The van der Waals surface area contributed by atoms with Gasteiger partial charge in [-0.25, -0.2) is 9.97 Å². The zero-order chi connectivity index (χ0) is 14.7. The van der Waals surface area contributed by atoms with Gasteiger partial charge in [0.2, 0.25) is 5.88 Å². The molecule has 0 aliphatic heterocycles. The predicted molar refractivity (Wildman–Crippen MR) is 87.6 cm³/mol. The predicted octanol–water partition coefficient (Wildman–Crippen LogP) is 4.01. The Labute approximate surface area is 131 Å². The molecule has 21 heavy (non-hydrogen) atoms. The summed E-state index contributed by atoms with van der Waals surface area (Å²) in [5, 5.41) is 4.42. The van der Waals surface area contributed by atoms with Crippen LogP contribution in [0.25, 0.3) is 10.9 Å². The van der Waals surface area contributed by atoms with Crippen molar-refractivity contribution in [2.24, 2.45) is 0 Å². The zero-order valence-electron chi connectivity index (χ0n) is 11.5. The summed E-state index contributed by atoms with van der Waals surface area (Å²) in [7, 11) is 1.61. The molecule has 5 heteroatoms. The van der Waals surface area contributed by atoms with Crippen molar-refractivity contribution in [2.75, 3.05) is 12.4 Å². The first-order valence-corrected chi connectivity index (χ1v) is 7.33. The minimum absolute atomic E-state index is 0.617. The number of fused-ring (bicyclic) bond motifs is 1. The summed E-state index contributed by atoms with van der Waals surface area (Å²) in [5.74, 6) is 1.46. The van der Waals surface area contributed by atoms with E-state index in [1.165, 1.54) is 0 Å². The lowest BCUT2D eigenvalue weighted by Gasteiger charge is -2.08. The Morgan fingerprint density at radius 1 is 1.14 bits per heavy atom. The van der Waals surface area contributed by atoms with E-state index in [1.54, 1.807) is 13.3 Å². The molecule has 0 unspecified atom stereocenters. The van der Waals surface area contributed by atoms with Crippen LogP contribution in [-0.4, -0.2) is 17.1 Å². The van der Waals surface area contributed by atoms with Crippen molar-refractivity contribution in [3.05, 3.63) is 58.7 Å². The lowest BCUT2D eigenvalue weighted by Crippen LogP contribution is -2.02. The average molecular weight is 344 g/mol. The molecule has 0 saturated carbocycles. The molecule has 0 amide bonds. The second-order valence-corrected chi connectivity index (χ2v) is 5.42. The van der Waals surface area contributed by atoms with Gasteiger partial charge in [-0.1, -0.05) is 18.2 Å². The van der Waals surface area contributed by atoms with Crippen molar-refractivity contribution >= 4 is 32.7 Å². The van der Waals surface area contributed by atoms with E-state index >= 15 is 0 Å². The molecular weight excluding hydrogens is 330 g/mol. The minimum atomic E-state index is 0.617. The van der Waals surface area contributed by atoms with Crippen LogP contribution in [0, 0.1) is 0 Å². The van der Waals surface area contributed by atoms with Crippen LogP contribution in [0.5, 0.6) is 5.88 Å². The van der Waals surface area contributed by atoms with E-state index < -0.39 is 0 Å². The van der Waals surface area contributed by atoms with E-state index in [2.05, 4.69) is 37.3 Å². The molecule has 0 bridgehead atoms. The van der Waals surface area contributed by atoms with E-state index in [0.29, 0.717) is 12.4 Å². The second kappa shape index (κ2) is 6.10. The van der Waals surface area contributed by atoms with Crippen molar-refractivity contribution in [2.45, 2.75) is 6.54 Å². The van der Waals surface area contributed by atoms with Gasteiger partial charge >= 0.3 is 0 Å². The first-order valence-electron chi connectivity index (χ1n) is 6.54.